The van der Waals surface area contributed by atoms with Crippen molar-refractivity contribution in [2.24, 2.45) is 11.8 Å². The summed E-state index contributed by atoms with van der Waals surface area (Å²) < 4.78 is 16.9. The van der Waals surface area contributed by atoms with Gasteiger partial charge in [0.2, 0.25) is 0 Å². The second-order valence-corrected chi connectivity index (χ2v) is 21.0. The van der Waals surface area contributed by atoms with Crippen LogP contribution in [-0.2, 0) is 28.6 Å². The molecular formula is C59H114O6. The van der Waals surface area contributed by atoms with Crippen LogP contribution in [0.25, 0.3) is 0 Å². The van der Waals surface area contributed by atoms with Gasteiger partial charge >= 0.3 is 17.9 Å². The summed E-state index contributed by atoms with van der Waals surface area (Å²) in [5.41, 5.74) is 0. The van der Waals surface area contributed by atoms with Gasteiger partial charge in [-0.15, -0.1) is 0 Å². The summed E-state index contributed by atoms with van der Waals surface area (Å²) in [7, 11) is 0. The van der Waals surface area contributed by atoms with Crippen LogP contribution >= 0.6 is 0 Å². The van der Waals surface area contributed by atoms with E-state index in [2.05, 4.69) is 34.6 Å². The molecule has 1 unspecified atom stereocenters. The Balaban J connectivity index is 4.30. The van der Waals surface area contributed by atoms with E-state index in [9.17, 15) is 14.4 Å². The molecule has 65 heavy (non-hydrogen) atoms. The average Bonchev–Trinajstić information content (AvgIpc) is 3.29. The van der Waals surface area contributed by atoms with Crippen LogP contribution in [-0.4, -0.2) is 37.2 Å². The molecule has 0 saturated carbocycles. The van der Waals surface area contributed by atoms with E-state index in [-0.39, 0.29) is 31.1 Å². The van der Waals surface area contributed by atoms with E-state index in [1.807, 2.05) is 0 Å². The number of hydrogen-bond acceptors (Lipinski definition) is 6. The molecule has 0 aromatic heterocycles. The zero-order chi connectivity index (χ0) is 47.5. The molecule has 0 aromatic carbocycles. The Morgan fingerprint density at radius 3 is 0.877 bits per heavy atom. The van der Waals surface area contributed by atoms with Crippen molar-refractivity contribution in [1.29, 1.82) is 0 Å². The number of esters is 3. The summed E-state index contributed by atoms with van der Waals surface area (Å²) in [6, 6.07) is 0. The fourth-order valence-electron chi connectivity index (χ4n) is 9.02. The molecule has 0 aliphatic rings. The van der Waals surface area contributed by atoms with Crippen molar-refractivity contribution in [1.82, 2.24) is 0 Å². The van der Waals surface area contributed by atoms with Gasteiger partial charge in [0.25, 0.3) is 0 Å². The second-order valence-electron chi connectivity index (χ2n) is 21.0. The van der Waals surface area contributed by atoms with Crippen molar-refractivity contribution in [3.8, 4) is 0 Å². The number of carbonyl (C=O) groups is 3. The Morgan fingerprint density at radius 1 is 0.323 bits per heavy atom. The Bertz CT molecular complexity index is 995. The van der Waals surface area contributed by atoms with Gasteiger partial charge in [-0.2, -0.15) is 0 Å². The molecule has 0 bridgehead atoms. The monoisotopic (exact) mass is 919 g/mol. The number of rotatable bonds is 53. The van der Waals surface area contributed by atoms with Crippen LogP contribution in [0.2, 0.25) is 0 Å². The molecule has 386 valence electrons. The summed E-state index contributed by atoms with van der Waals surface area (Å²) in [4.78, 5) is 38.1. The van der Waals surface area contributed by atoms with Crippen LogP contribution in [0.1, 0.15) is 330 Å². The molecular weight excluding hydrogens is 805 g/mol. The van der Waals surface area contributed by atoms with Crippen molar-refractivity contribution >= 4 is 17.9 Å². The predicted octanol–water partition coefficient (Wildman–Crippen LogP) is 19.3. The minimum absolute atomic E-state index is 0.0627. The van der Waals surface area contributed by atoms with E-state index in [0.29, 0.717) is 19.3 Å². The van der Waals surface area contributed by atoms with Crippen LogP contribution in [0.3, 0.4) is 0 Å². The van der Waals surface area contributed by atoms with Crippen LogP contribution in [0.15, 0.2) is 0 Å². The van der Waals surface area contributed by atoms with Crippen LogP contribution in [0.4, 0.5) is 0 Å². The second kappa shape index (κ2) is 51.8. The maximum absolute atomic E-state index is 12.9. The highest BCUT2D eigenvalue weighted by molar-refractivity contribution is 5.71. The molecule has 0 amide bonds. The third kappa shape index (κ3) is 51.6. The van der Waals surface area contributed by atoms with E-state index in [4.69, 9.17) is 14.2 Å². The predicted molar refractivity (Wildman–Crippen MR) is 280 cm³/mol. The van der Waals surface area contributed by atoms with Gasteiger partial charge in [0, 0.05) is 19.3 Å². The SMILES string of the molecule is CCCCCCCCCCCCCCCCCCC(=O)OC[C@H](COC(=O)CCCCCCCCCCCCC(C)C)OC(=O)CCCCCCCCCCCCCCCCC(C)CC. The van der Waals surface area contributed by atoms with Crippen LogP contribution < -0.4 is 0 Å². The molecule has 0 aliphatic carbocycles. The van der Waals surface area contributed by atoms with Gasteiger partial charge in [0.1, 0.15) is 13.2 Å². The molecule has 0 N–H and O–H groups in total. The van der Waals surface area contributed by atoms with Gasteiger partial charge in [-0.05, 0) is 31.1 Å². The first-order chi connectivity index (χ1) is 31.8. The molecule has 2 atom stereocenters. The maximum Gasteiger partial charge on any atom is 0.306 e. The molecule has 0 aromatic rings. The zero-order valence-electron chi connectivity index (χ0n) is 44.6. The molecule has 0 rings (SSSR count). The van der Waals surface area contributed by atoms with Crippen LogP contribution in [0.5, 0.6) is 0 Å². The van der Waals surface area contributed by atoms with Gasteiger partial charge in [0.05, 0.1) is 0 Å². The molecule has 0 fully saturated rings. The lowest BCUT2D eigenvalue weighted by Gasteiger charge is -2.18. The van der Waals surface area contributed by atoms with Crippen molar-refractivity contribution in [3.63, 3.8) is 0 Å². The Hall–Kier alpha value is -1.59. The molecule has 0 aliphatic heterocycles. The van der Waals surface area contributed by atoms with Crippen molar-refractivity contribution in [2.75, 3.05) is 13.2 Å². The lowest BCUT2D eigenvalue weighted by atomic mass is 9.99. The van der Waals surface area contributed by atoms with E-state index in [1.54, 1.807) is 0 Å². The molecule has 0 saturated heterocycles. The normalized spacial score (nSPS) is 12.5. The van der Waals surface area contributed by atoms with Gasteiger partial charge < -0.3 is 14.2 Å². The first-order valence-electron chi connectivity index (χ1n) is 29.3. The third-order valence-corrected chi connectivity index (χ3v) is 13.8. The Labute approximate surface area is 406 Å². The lowest BCUT2D eigenvalue weighted by molar-refractivity contribution is -0.167. The zero-order valence-corrected chi connectivity index (χ0v) is 44.6. The minimum atomic E-state index is -0.763. The fraction of sp³-hybridized carbons (Fsp3) is 0.949. The van der Waals surface area contributed by atoms with Crippen molar-refractivity contribution < 1.29 is 28.6 Å². The Kier molecular flexibility index (Phi) is 50.5. The quantitative estimate of drug-likeness (QED) is 0.0344. The third-order valence-electron chi connectivity index (χ3n) is 13.8. The van der Waals surface area contributed by atoms with E-state index in [0.717, 1.165) is 69.6 Å². The number of hydrogen-bond donors (Lipinski definition) is 0. The smallest absolute Gasteiger partial charge is 0.306 e. The van der Waals surface area contributed by atoms with Gasteiger partial charge in [-0.1, -0.05) is 291 Å². The van der Waals surface area contributed by atoms with Gasteiger partial charge in [-0.25, -0.2) is 0 Å². The standard InChI is InChI=1S/C59H114O6/c1-6-8-9-10-11-12-13-14-15-16-20-23-29-34-39-44-49-57(60)63-52-56(53-64-58(61)50-45-40-35-30-26-25-27-32-37-42-47-54(3)4)65-59(62)51-46-41-36-31-24-21-18-17-19-22-28-33-38-43-48-55(5)7-2/h54-56H,6-53H2,1-5H3/t55?,56-/m1/s1. The first-order valence-corrected chi connectivity index (χ1v) is 29.3. The minimum Gasteiger partial charge on any atom is -0.462 e. The molecule has 0 spiro atoms. The lowest BCUT2D eigenvalue weighted by Crippen LogP contribution is -2.30. The number of ether oxygens (including phenoxy) is 3. The summed E-state index contributed by atoms with van der Waals surface area (Å²) in [6.07, 6.45) is 55.1. The number of unbranched alkanes of at least 4 members (excludes halogenated alkanes) is 37. The van der Waals surface area contributed by atoms with E-state index in [1.165, 1.54) is 218 Å². The maximum atomic E-state index is 12.9. The van der Waals surface area contributed by atoms with Crippen LogP contribution in [0, 0.1) is 11.8 Å². The summed E-state index contributed by atoms with van der Waals surface area (Å²) in [5.74, 6) is 0.874. The molecule has 6 heteroatoms. The van der Waals surface area contributed by atoms with E-state index < -0.39 is 6.10 Å². The van der Waals surface area contributed by atoms with Crippen molar-refractivity contribution in [3.05, 3.63) is 0 Å². The number of carbonyl (C=O) groups excluding carboxylic acids is 3. The molecule has 0 heterocycles. The Morgan fingerprint density at radius 2 is 0.585 bits per heavy atom. The highest BCUT2D eigenvalue weighted by atomic mass is 16.6. The highest BCUT2D eigenvalue weighted by Gasteiger charge is 2.19. The summed E-state index contributed by atoms with van der Waals surface area (Å²) in [6.45, 7) is 11.4. The summed E-state index contributed by atoms with van der Waals surface area (Å²) in [5, 5.41) is 0. The topological polar surface area (TPSA) is 78.9 Å². The van der Waals surface area contributed by atoms with Gasteiger partial charge in [-0.3, -0.25) is 14.4 Å². The average molecular weight is 920 g/mol. The molecule has 6 nitrogen and oxygen atoms in total. The van der Waals surface area contributed by atoms with Crippen molar-refractivity contribution in [2.45, 2.75) is 336 Å². The first kappa shape index (κ1) is 63.4. The van der Waals surface area contributed by atoms with E-state index >= 15 is 0 Å². The van der Waals surface area contributed by atoms with Gasteiger partial charge in [0.15, 0.2) is 6.10 Å². The highest BCUT2D eigenvalue weighted by Crippen LogP contribution is 2.19. The molecule has 0 radical (unpaired) electrons. The largest absolute Gasteiger partial charge is 0.462 e. The fourth-order valence-corrected chi connectivity index (χ4v) is 9.02. The summed E-state index contributed by atoms with van der Waals surface area (Å²) >= 11 is 0.